The lowest BCUT2D eigenvalue weighted by atomic mass is 9.93. The van der Waals surface area contributed by atoms with Crippen LogP contribution in [0.2, 0.25) is 0 Å². The first-order chi connectivity index (χ1) is 13.3. The van der Waals surface area contributed by atoms with Crippen LogP contribution in [0.5, 0.6) is 11.5 Å². The van der Waals surface area contributed by atoms with Crippen LogP contribution in [0, 0.1) is 0 Å². The summed E-state index contributed by atoms with van der Waals surface area (Å²) in [5.74, 6) is 1.38. The Kier molecular flexibility index (Phi) is 5.68. The van der Waals surface area contributed by atoms with Crippen LogP contribution < -0.4 is 10.1 Å². The second-order valence-corrected chi connectivity index (χ2v) is 7.46. The summed E-state index contributed by atoms with van der Waals surface area (Å²) in [4.78, 5) is 19.6. The van der Waals surface area contributed by atoms with Crippen LogP contribution in [-0.4, -0.2) is 34.4 Å². The number of nitrogens with one attached hydrogen (secondary N) is 1. The monoisotopic (exact) mass is 365 g/mol. The number of carbonyl (C=O) groups is 1. The molecule has 2 aromatic rings. The Labute approximate surface area is 160 Å². The molecule has 4 rings (SSSR count). The molecule has 0 bridgehead atoms. The molecular formula is C22H27N3O2. The first-order valence-corrected chi connectivity index (χ1v) is 10.0. The van der Waals surface area contributed by atoms with E-state index in [0.29, 0.717) is 23.2 Å². The van der Waals surface area contributed by atoms with E-state index in [4.69, 9.17) is 4.74 Å². The van der Waals surface area contributed by atoms with Gasteiger partial charge in [-0.2, -0.15) is 0 Å². The maximum atomic E-state index is 13.1. The molecule has 1 amide bonds. The molecule has 1 aromatic carbocycles. The van der Waals surface area contributed by atoms with E-state index < -0.39 is 0 Å². The zero-order valence-corrected chi connectivity index (χ0v) is 15.6. The zero-order valence-electron chi connectivity index (χ0n) is 15.6. The molecule has 142 valence electrons. The molecule has 0 radical (unpaired) electrons. The fourth-order valence-electron chi connectivity index (χ4n) is 4.33. The Morgan fingerprint density at radius 3 is 2.70 bits per heavy atom. The van der Waals surface area contributed by atoms with Crippen LogP contribution in [-0.2, 0) is 4.79 Å². The molecule has 5 heteroatoms. The van der Waals surface area contributed by atoms with Crippen molar-refractivity contribution in [1.82, 2.24) is 9.88 Å². The van der Waals surface area contributed by atoms with Crippen LogP contribution in [0.3, 0.4) is 0 Å². The van der Waals surface area contributed by atoms with E-state index in [0.717, 1.165) is 19.4 Å². The highest BCUT2D eigenvalue weighted by Crippen LogP contribution is 2.32. The van der Waals surface area contributed by atoms with Crippen molar-refractivity contribution in [3.8, 4) is 11.5 Å². The third kappa shape index (κ3) is 4.30. The molecule has 1 saturated heterocycles. The predicted molar refractivity (Wildman–Crippen MR) is 106 cm³/mol. The van der Waals surface area contributed by atoms with E-state index in [2.05, 4.69) is 15.2 Å². The van der Waals surface area contributed by atoms with Gasteiger partial charge in [-0.05, 0) is 56.5 Å². The van der Waals surface area contributed by atoms with Gasteiger partial charge >= 0.3 is 0 Å². The van der Waals surface area contributed by atoms with E-state index in [-0.39, 0.29) is 11.9 Å². The number of benzene rings is 1. The number of rotatable bonds is 5. The van der Waals surface area contributed by atoms with Crippen molar-refractivity contribution in [3.63, 3.8) is 0 Å². The van der Waals surface area contributed by atoms with Gasteiger partial charge in [0.2, 0.25) is 5.91 Å². The number of likely N-dealkylation sites (tertiary alicyclic amines) is 1. The van der Waals surface area contributed by atoms with Gasteiger partial charge in [0.05, 0.1) is 17.9 Å². The maximum absolute atomic E-state index is 13.1. The summed E-state index contributed by atoms with van der Waals surface area (Å²) in [6.45, 7) is 1.04. The minimum atomic E-state index is -0.0282. The highest BCUT2D eigenvalue weighted by molar-refractivity contribution is 5.96. The average Bonchev–Trinajstić information content (AvgIpc) is 3.21. The number of pyridine rings is 1. The lowest BCUT2D eigenvalue weighted by Crippen LogP contribution is -2.46. The molecule has 1 aliphatic heterocycles. The van der Waals surface area contributed by atoms with Crippen LogP contribution in [0.1, 0.15) is 44.9 Å². The second kappa shape index (κ2) is 8.53. The van der Waals surface area contributed by atoms with Crippen molar-refractivity contribution in [1.29, 1.82) is 0 Å². The molecule has 5 nitrogen and oxygen atoms in total. The topological polar surface area (TPSA) is 54.5 Å². The third-order valence-corrected chi connectivity index (χ3v) is 5.65. The van der Waals surface area contributed by atoms with Gasteiger partial charge in [0.1, 0.15) is 5.75 Å². The minimum absolute atomic E-state index is 0.0282. The second-order valence-electron chi connectivity index (χ2n) is 7.46. The summed E-state index contributed by atoms with van der Waals surface area (Å²) < 4.78 is 5.93. The Morgan fingerprint density at radius 2 is 1.89 bits per heavy atom. The van der Waals surface area contributed by atoms with Gasteiger partial charge in [-0.1, -0.05) is 31.4 Å². The molecule has 1 atom stereocenters. The van der Waals surface area contributed by atoms with Gasteiger partial charge in [0.15, 0.2) is 5.75 Å². The van der Waals surface area contributed by atoms with E-state index in [1.807, 2.05) is 36.4 Å². The fourth-order valence-corrected chi connectivity index (χ4v) is 4.33. The van der Waals surface area contributed by atoms with E-state index in [1.54, 1.807) is 12.4 Å². The first-order valence-electron chi connectivity index (χ1n) is 10.0. The lowest BCUT2D eigenvalue weighted by molar-refractivity contribution is -0.121. The molecule has 0 unspecified atom stereocenters. The Bertz CT molecular complexity index is 759. The molecule has 2 aliphatic rings. The first kappa shape index (κ1) is 18.0. The van der Waals surface area contributed by atoms with Crippen molar-refractivity contribution >= 4 is 11.6 Å². The molecular weight excluding hydrogens is 338 g/mol. The minimum Gasteiger partial charge on any atom is -0.454 e. The Balaban J connectivity index is 1.46. The number of hydrogen-bond acceptors (Lipinski definition) is 4. The summed E-state index contributed by atoms with van der Waals surface area (Å²) in [5, 5.41) is 3.12. The maximum Gasteiger partial charge on any atom is 0.241 e. The van der Waals surface area contributed by atoms with Gasteiger partial charge in [-0.25, -0.2) is 0 Å². The fraction of sp³-hybridized carbons (Fsp3) is 0.455. The highest BCUT2D eigenvalue weighted by atomic mass is 16.5. The molecule has 1 aliphatic carbocycles. The van der Waals surface area contributed by atoms with Gasteiger partial charge in [0.25, 0.3) is 0 Å². The lowest BCUT2D eigenvalue weighted by Gasteiger charge is -2.34. The summed E-state index contributed by atoms with van der Waals surface area (Å²) in [5.41, 5.74) is 0.710. The van der Waals surface area contributed by atoms with Crippen LogP contribution in [0.25, 0.3) is 0 Å². The number of ether oxygens (including phenoxy) is 1. The SMILES string of the molecule is O=C(Nc1ccccc1Oc1cccnc1)[C@H]1CCCN1C1CCCCC1. The summed E-state index contributed by atoms with van der Waals surface area (Å²) in [7, 11) is 0. The molecule has 1 aromatic heterocycles. The van der Waals surface area contributed by atoms with Crippen molar-refractivity contribution in [2.45, 2.75) is 57.0 Å². The number of aromatic nitrogens is 1. The summed E-state index contributed by atoms with van der Waals surface area (Å²) in [6, 6.07) is 11.8. The van der Waals surface area contributed by atoms with Crippen molar-refractivity contribution in [3.05, 3.63) is 48.8 Å². The van der Waals surface area contributed by atoms with Crippen molar-refractivity contribution < 1.29 is 9.53 Å². The summed E-state index contributed by atoms with van der Waals surface area (Å²) >= 11 is 0. The van der Waals surface area contributed by atoms with Gasteiger partial charge < -0.3 is 10.1 Å². The number of amides is 1. The number of hydrogen-bond donors (Lipinski definition) is 1. The summed E-state index contributed by atoms with van der Waals surface area (Å²) in [6.07, 6.45) is 11.8. The molecule has 0 spiro atoms. The average molecular weight is 365 g/mol. The Morgan fingerprint density at radius 1 is 1.04 bits per heavy atom. The van der Waals surface area contributed by atoms with E-state index >= 15 is 0 Å². The number of nitrogens with zero attached hydrogens (tertiary/aromatic N) is 2. The largest absolute Gasteiger partial charge is 0.454 e. The van der Waals surface area contributed by atoms with E-state index in [9.17, 15) is 4.79 Å². The Hall–Kier alpha value is -2.40. The standard InChI is InChI=1S/C22H27N3O2/c26-22(20-12-7-15-25(20)17-8-2-1-3-9-17)24-19-11-4-5-13-21(19)27-18-10-6-14-23-16-18/h4-6,10-11,13-14,16-17,20H,1-3,7-9,12,15H2,(H,24,26)/t20-/m1/s1. The number of para-hydroxylation sites is 2. The molecule has 27 heavy (non-hydrogen) atoms. The highest BCUT2D eigenvalue weighted by Gasteiger charge is 2.35. The molecule has 2 heterocycles. The van der Waals surface area contributed by atoms with Gasteiger partial charge in [0, 0.05) is 12.2 Å². The molecule has 1 N–H and O–H groups in total. The van der Waals surface area contributed by atoms with E-state index in [1.165, 1.54) is 32.1 Å². The smallest absolute Gasteiger partial charge is 0.241 e. The van der Waals surface area contributed by atoms with Crippen molar-refractivity contribution in [2.75, 3.05) is 11.9 Å². The van der Waals surface area contributed by atoms with Crippen LogP contribution >= 0.6 is 0 Å². The molecule has 2 fully saturated rings. The van der Waals surface area contributed by atoms with Crippen LogP contribution in [0.15, 0.2) is 48.8 Å². The molecule has 1 saturated carbocycles. The van der Waals surface area contributed by atoms with Gasteiger partial charge in [-0.3, -0.25) is 14.7 Å². The third-order valence-electron chi connectivity index (χ3n) is 5.65. The van der Waals surface area contributed by atoms with Crippen molar-refractivity contribution in [2.24, 2.45) is 0 Å². The van der Waals surface area contributed by atoms with Gasteiger partial charge in [-0.15, -0.1) is 0 Å². The normalized spacial score (nSPS) is 21.1. The number of anilines is 1. The van der Waals surface area contributed by atoms with Crippen LogP contribution in [0.4, 0.5) is 5.69 Å². The quantitative estimate of drug-likeness (QED) is 0.841. The number of carbonyl (C=O) groups excluding carboxylic acids is 1. The predicted octanol–water partition coefficient (Wildman–Crippen LogP) is 4.61. The zero-order chi connectivity index (χ0) is 18.5.